The van der Waals surface area contributed by atoms with Crippen LogP contribution in [0, 0.1) is 11.8 Å². The number of aliphatic carboxylic acids is 1. The molecule has 3 unspecified atom stereocenters. The number of carboxylic acid groups (broad SMARTS) is 1. The molecule has 3 atom stereocenters. The van der Waals surface area contributed by atoms with Crippen molar-refractivity contribution in [2.24, 2.45) is 11.8 Å². The van der Waals surface area contributed by atoms with Crippen LogP contribution < -0.4 is 5.32 Å². The highest BCUT2D eigenvalue weighted by molar-refractivity contribution is 5.96. The van der Waals surface area contributed by atoms with Gasteiger partial charge in [-0.2, -0.15) is 0 Å². The van der Waals surface area contributed by atoms with Crippen molar-refractivity contribution < 1.29 is 14.7 Å². The van der Waals surface area contributed by atoms with Gasteiger partial charge >= 0.3 is 5.97 Å². The van der Waals surface area contributed by atoms with Crippen LogP contribution in [0.15, 0.2) is 0 Å². The molecule has 0 spiro atoms. The van der Waals surface area contributed by atoms with Crippen LogP contribution in [0.5, 0.6) is 0 Å². The van der Waals surface area contributed by atoms with Crippen molar-refractivity contribution in [3.05, 3.63) is 0 Å². The fraction of sp³-hybridized carbons (Fsp3) is 0.800. The molecule has 1 aliphatic rings. The Balaban J connectivity index is 2.37. The summed E-state index contributed by atoms with van der Waals surface area (Å²) in [5.41, 5.74) is 0. The molecule has 14 heavy (non-hydrogen) atoms. The third kappa shape index (κ3) is 2.72. The minimum atomic E-state index is -1.06. The van der Waals surface area contributed by atoms with E-state index in [1.54, 1.807) is 0 Å². The molecule has 1 amide bonds. The fourth-order valence-corrected chi connectivity index (χ4v) is 1.78. The second-order valence-corrected chi connectivity index (χ2v) is 4.18. The van der Waals surface area contributed by atoms with Crippen LogP contribution in [-0.2, 0) is 9.59 Å². The fourth-order valence-electron chi connectivity index (χ4n) is 1.78. The average Bonchev–Trinajstić information content (AvgIpc) is 2.49. The molecular formula is C10H17NO3. The third-order valence-electron chi connectivity index (χ3n) is 2.80. The minimum absolute atomic E-state index is 0.180. The Labute approximate surface area is 83.7 Å². The molecule has 4 nitrogen and oxygen atoms in total. The van der Waals surface area contributed by atoms with Crippen molar-refractivity contribution in [1.82, 2.24) is 5.32 Å². The Kier molecular flexibility index (Phi) is 3.49. The summed E-state index contributed by atoms with van der Waals surface area (Å²) in [6.45, 7) is 3.56. The lowest BCUT2D eigenvalue weighted by Gasteiger charge is -2.14. The predicted molar refractivity (Wildman–Crippen MR) is 51.7 cm³/mol. The molecule has 0 aromatic carbocycles. The topological polar surface area (TPSA) is 66.4 Å². The quantitative estimate of drug-likeness (QED) is 0.667. The lowest BCUT2D eigenvalue weighted by Crippen LogP contribution is -2.39. The maximum atomic E-state index is 11.4. The number of carboxylic acids is 1. The van der Waals surface area contributed by atoms with E-state index in [0.29, 0.717) is 5.92 Å². The molecule has 0 aromatic rings. The highest BCUT2D eigenvalue weighted by Crippen LogP contribution is 2.24. The van der Waals surface area contributed by atoms with Gasteiger partial charge in [0.25, 0.3) is 0 Å². The molecular weight excluding hydrogens is 182 g/mol. The summed E-state index contributed by atoms with van der Waals surface area (Å²) < 4.78 is 0. The summed E-state index contributed by atoms with van der Waals surface area (Å²) in [4.78, 5) is 21.9. The molecule has 0 radical (unpaired) electrons. The smallest absolute Gasteiger partial charge is 0.315 e. The first kappa shape index (κ1) is 11.0. The summed E-state index contributed by atoms with van der Waals surface area (Å²) >= 11 is 0. The van der Waals surface area contributed by atoms with Gasteiger partial charge in [0.05, 0.1) is 0 Å². The van der Waals surface area contributed by atoms with Gasteiger partial charge in [0.15, 0.2) is 0 Å². The molecule has 0 aliphatic heterocycles. The summed E-state index contributed by atoms with van der Waals surface area (Å²) in [6, 6.07) is 0.180. The van der Waals surface area contributed by atoms with Gasteiger partial charge in [-0.3, -0.25) is 9.59 Å². The average molecular weight is 199 g/mol. The van der Waals surface area contributed by atoms with Crippen molar-refractivity contribution in [2.75, 3.05) is 0 Å². The van der Waals surface area contributed by atoms with E-state index < -0.39 is 11.9 Å². The number of nitrogens with one attached hydrogen (secondary N) is 1. The van der Waals surface area contributed by atoms with E-state index in [2.05, 4.69) is 12.2 Å². The molecule has 2 N–H and O–H groups in total. The minimum Gasteiger partial charge on any atom is -0.481 e. The van der Waals surface area contributed by atoms with Crippen molar-refractivity contribution in [2.45, 2.75) is 39.2 Å². The first-order valence-electron chi connectivity index (χ1n) is 5.04. The number of amides is 1. The van der Waals surface area contributed by atoms with E-state index in [1.807, 2.05) is 0 Å². The SMILES string of the molecule is CC1CCC(NC(=O)C(C)C(=O)O)C1. The van der Waals surface area contributed by atoms with Gasteiger partial charge in [-0.15, -0.1) is 0 Å². The molecule has 4 heteroatoms. The molecule has 1 aliphatic carbocycles. The second kappa shape index (κ2) is 4.44. The number of hydrogen-bond donors (Lipinski definition) is 2. The summed E-state index contributed by atoms with van der Waals surface area (Å²) in [5.74, 6) is -1.73. The van der Waals surface area contributed by atoms with E-state index in [0.717, 1.165) is 19.3 Å². The highest BCUT2D eigenvalue weighted by atomic mass is 16.4. The van der Waals surface area contributed by atoms with E-state index in [-0.39, 0.29) is 11.9 Å². The highest BCUT2D eigenvalue weighted by Gasteiger charge is 2.27. The van der Waals surface area contributed by atoms with Crippen molar-refractivity contribution in [3.8, 4) is 0 Å². The first-order valence-corrected chi connectivity index (χ1v) is 5.04. The van der Waals surface area contributed by atoms with Crippen molar-refractivity contribution in [3.63, 3.8) is 0 Å². The van der Waals surface area contributed by atoms with Crippen LogP contribution in [-0.4, -0.2) is 23.0 Å². The van der Waals surface area contributed by atoms with E-state index in [4.69, 9.17) is 5.11 Å². The Morgan fingerprint density at radius 3 is 2.50 bits per heavy atom. The van der Waals surface area contributed by atoms with E-state index in [1.165, 1.54) is 6.92 Å². The Bertz CT molecular complexity index is 240. The number of carbonyl (C=O) groups is 2. The molecule has 0 saturated heterocycles. The van der Waals surface area contributed by atoms with Gasteiger partial charge in [-0.1, -0.05) is 6.92 Å². The molecule has 1 fully saturated rings. The van der Waals surface area contributed by atoms with Crippen LogP contribution in [0.2, 0.25) is 0 Å². The maximum Gasteiger partial charge on any atom is 0.315 e. The Hall–Kier alpha value is -1.06. The van der Waals surface area contributed by atoms with E-state index >= 15 is 0 Å². The largest absolute Gasteiger partial charge is 0.481 e. The Morgan fingerprint density at radius 1 is 1.43 bits per heavy atom. The van der Waals surface area contributed by atoms with Gasteiger partial charge in [0.2, 0.25) is 5.91 Å². The van der Waals surface area contributed by atoms with Crippen molar-refractivity contribution in [1.29, 1.82) is 0 Å². The zero-order valence-electron chi connectivity index (χ0n) is 8.62. The van der Waals surface area contributed by atoms with Gasteiger partial charge in [0.1, 0.15) is 5.92 Å². The van der Waals surface area contributed by atoms with Gasteiger partial charge in [0, 0.05) is 6.04 Å². The standard InChI is InChI=1S/C10H17NO3/c1-6-3-4-8(5-6)11-9(12)7(2)10(13)14/h6-8H,3-5H2,1-2H3,(H,11,12)(H,13,14). The maximum absolute atomic E-state index is 11.4. The molecule has 0 heterocycles. The first-order chi connectivity index (χ1) is 6.50. The van der Waals surface area contributed by atoms with Crippen LogP contribution in [0.3, 0.4) is 0 Å². The third-order valence-corrected chi connectivity index (χ3v) is 2.80. The van der Waals surface area contributed by atoms with Crippen LogP contribution in [0.25, 0.3) is 0 Å². The number of carbonyl (C=O) groups excluding carboxylic acids is 1. The molecule has 0 aromatic heterocycles. The monoisotopic (exact) mass is 199 g/mol. The van der Waals surface area contributed by atoms with Crippen LogP contribution in [0.1, 0.15) is 33.1 Å². The number of hydrogen-bond acceptors (Lipinski definition) is 2. The molecule has 1 saturated carbocycles. The molecule has 80 valence electrons. The second-order valence-electron chi connectivity index (χ2n) is 4.18. The predicted octanol–water partition coefficient (Wildman–Crippen LogP) is 1.01. The van der Waals surface area contributed by atoms with Gasteiger partial charge in [-0.05, 0) is 32.1 Å². The van der Waals surface area contributed by atoms with Crippen LogP contribution in [0.4, 0.5) is 0 Å². The zero-order chi connectivity index (χ0) is 10.7. The van der Waals surface area contributed by atoms with E-state index in [9.17, 15) is 9.59 Å². The van der Waals surface area contributed by atoms with Crippen LogP contribution >= 0.6 is 0 Å². The zero-order valence-corrected chi connectivity index (χ0v) is 8.62. The number of rotatable bonds is 3. The van der Waals surface area contributed by atoms with Crippen molar-refractivity contribution >= 4 is 11.9 Å². The summed E-state index contributed by atoms with van der Waals surface area (Å²) in [6.07, 6.45) is 3.06. The van der Waals surface area contributed by atoms with Gasteiger partial charge in [-0.25, -0.2) is 0 Å². The van der Waals surface area contributed by atoms with Gasteiger partial charge < -0.3 is 10.4 Å². The lowest BCUT2D eigenvalue weighted by atomic mass is 10.1. The lowest BCUT2D eigenvalue weighted by molar-refractivity contribution is -0.146. The Morgan fingerprint density at radius 2 is 2.07 bits per heavy atom. The molecule has 1 rings (SSSR count). The molecule has 0 bridgehead atoms. The summed E-state index contributed by atoms with van der Waals surface area (Å²) in [5, 5.41) is 11.4. The normalized spacial score (nSPS) is 28.4. The summed E-state index contributed by atoms with van der Waals surface area (Å²) in [7, 11) is 0.